The Hall–Kier alpha value is -3.81. The van der Waals surface area contributed by atoms with Crippen LogP contribution in [0.25, 0.3) is 16.7 Å². The number of H-pyrrole nitrogens is 1. The van der Waals surface area contributed by atoms with Gasteiger partial charge in [-0.25, -0.2) is 14.5 Å². The van der Waals surface area contributed by atoms with E-state index < -0.39 is 0 Å². The number of ether oxygens (including phenoxy) is 1. The van der Waals surface area contributed by atoms with Crippen LogP contribution in [0.3, 0.4) is 0 Å². The van der Waals surface area contributed by atoms with E-state index in [0.29, 0.717) is 5.82 Å². The fourth-order valence-electron chi connectivity index (χ4n) is 4.48. The molecular formula is C27H32N6O2. The number of amides is 2. The quantitative estimate of drug-likeness (QED) is 0.354. The summed E-state index contributed by atoms with van der Waals surface area (Å²) in [7, 11) is 0. The second-order valence-electron chi connectivity index (χ2n) is 10.2. The van der Waals surface area contributed by atoms with Gasteiger partial charge in [-0.2, -0.15) is 5.10 Å². The van der Waals surface area contributed by atoms with E-state index in [-0.39, 0.29) is 23.6 Å². The third-order valence-corrected chi connectivity index (χ3v) is 6.44. The summed E-state index contributed by atoms with van der Waals surface area (Å²) in [6.45, 7) is 6.34. The molecule has 0 bridgehead atoms. The average Bonchev–Trinajstić information content (AvgIpc) is 3.49. The number of fused-ring (bicyclic) bond motifs is 1. The number of rotatable bonds is 5. The number of pyridine rings is 1. The largest absolute Gasteiger partial charge is 0.490 e. The summed E-state index contributed by atoms with van der Waals surface area (Å²) in [5, 5.41) is 11.9. The van der Waals surface area contributed by atoms with E-state index in [0.717, 1.165) is 53.8 Å². The molecule has 0 radical (unpaired) electrons. The highest BCUT2D eigenvalue weighted by Gasteiger charge is 2.26. The van der Waals surface area contributed by atoms with Crippen LogP contribution in [0.1, 0.15) is 52.1 Å². The zero-order valence-electron chi connectivity index (χ0n) is 20.4. The zero-order valence-corrected chi connectivity index (χ0v) is 20.4. The molecule has 3 aromatic heterocycles. The number of nitrogens with one attached hydrogen (secondary N) is 3. The fourth-order valence-corrected chi connectivity index (χ4v) is 4.48. The predicted octanol–water partition coefficient (Wildman–Crippen LogP) is 5.56. The number of hydrogen-bond acceptors (Lipinski definition) is 4. The molecule has 4 aromatic rings. The van der Waals surface area contributed by atoms with Crippen molar-refractivity contribution in [2.75, 3.05) is 5.32 Å². The molecule has 1 aliphatic carbocycles. The Kier molecular flexibility index (Phi) is 6.19. The van der Waals surface area contributed by atoms with Crippen molar-refractivity contribution in [3.8, 4) is 11.4 Å². The third-order valence-electron chi connectivity index (χ3n) is 6.44. The smallest absolute Gasteiger partial charge is 0.320 e. The van der Waals surface area contributed by atoms with Crippen LogP contribution in [0.4, 0.5) is 10.6 Å². The summed E-state index contributed by atoms with van der Waals surface area (Å²) in [5.74, 6) is 1.51. The summed E-state index contributed by atoms with van der Waals surface area (Å²) in [6.07, 6.45) is 7.26. The minimum Gasteiger partial charge on any atom is -0.490 e. The van der Waals surface area contributed by atoms with Gasteiger partial charge in [0, 0.05) is 29.9 Å². The molecule has 0 aliphatic heterocycles. The van der Waals surface area contributed by atoms with Gasteiger partial charge in [-0.05, 0) is 49.9 Å². The summed E-state index contributed by atoms with van der Waals surface area (Å²) >= 11 is 0. The van der Waals surface area contributed by atoms with Crippen LogP contribution in [0.5, 0.6) is 5.75 Å². The summed E-state index contributed by atoms with van der Waals surface area (Å²) in [4.78, 5) is 20.3. The molecular weight excluding hydrogens is 440 g/mol. The van der Waals surface area contributed by atoms with Crippen molar-refractivity contribution in [2.24, 2.45) is 0 Å². The number of benzene rings is 1. The number of nitrogens with zero attached hydrogens (tertiary/aromatic N) is 3. The molecule has 1 saturated carbocycles. The monoisotopic (exact) mass is 472 g/mol. The maximum absolute atomic E-state index is 12.9. The Morgan fingerprint density at radius 1 is 1.09 bits per heavy atom. The molecule has 8 heteroatoms. The summed E-state index contributed by atoms with van der Waals surface area (Å²) in [5.41, 5.74) is 2.52. The van der Waals surface area contributed by atoms with E-state index in [1.165, 1.54) is 0 Å². The molecule has 1 aromatic carbocycles. The standard InChI is InChI=1S/C27H32N6O2/c1-27(2,3)23-17-24(33(32-23)19-7-5-4-6-8-19)31-26(34)30-18-9-11-20(12-10-18)35-22-14-16-29-25-21(22)13-15-28-25/h4-8,13-18,20H,9-12H2,1-3H3,(H,28,29)(H2,30,31,34). The molecule has 0 saturated heterocycles. The van der Waals surface area contributed by atoms with Crippen molar-refractivity contribution in [2.45, 2.75) is 64.0 Å². The van der Waals surface area contributed by atoms with E-state index in [1.54, 1.807) is 10.9 Å². The van der Waals surface area contributed by atoms with E-state index in [4.69, 9.17) is 9.84 Å². The highest BCUT2D eigenvalue weighted by Crippen LogP contribution is 2.29. The minimum atomic E-state index is -0.213. The van der Waals surface area contributed by atoms with Gasteiger partial charge in [-0.3, -0.25) is 5.32 Å². The van der Waals surface area contributed by atoms with Crippen LogP contribution in [0.2, 0.25) is 0 Å². The molecule has 8 nitrogen and oxygen atoms in total. The number of aromatic nitrogens is 4. The van der Waals surface area contributed by atoms with Gasteiger partial charge in [0.15, 0.2) is 0 Å². The fraction of sp³-hybridized carbons (Fsp3) is 0.370. The third kappa shape index (κ3) is 5.16. The van der Waals surface area contributed by atoms with Crippen molar-refractivity contribution in [1.29, 1.82) is 0 Å². The van der Waals surface area contributed by atoms with Crippen molar-refractivity contribution < 1.29 is 9.53 Å². The Morgan fingerprint density at radius 3 is 2.60 bits per heavy atom. The Balaban J connectivity index is 1.20. The number of para-hydroxylation sites is 1. The van der Waals surface area contributed by atoms with E-state index in [2.05, 4.69) is 41.4 Å². The lowest BCUT2D eigenvalue weighted by atomic mass is 9.92. The lowest BCUT2D eigenvalue weighted by Crippen LogP contribution is -2.42. The van der Waals surface area contributed by atoms with E-state index in [1.807, 2.05) is 54.7 Å². The number of anilines is 1. The molecule has 1 aliphatic rings. The van der Waals surface area contributed by atoms with Gasteiger partial charge < -0.3 is 15.0 Å². The second kappa shape index (κ2) is 9.44. The van der Waals surface area contributed by atoms with Gasteiger partial charge >= 0.3 is 6.03 Å². The Bertz CT molecular complexity index is 1300. The highest BCUT2D eigenvalue weighted by molar-refractivity contribution is 5.89. The van der Waals surface area contributed by atoms with Crippen molar-refractivity contribution in [3.05, 3.63) is 66.6 Å². The zero-order chi connectivity index (χ0) is 24.4. The van der Waals surface area contributed by atoms with Gasteiger partial charge in [-0.1, -0.05) is 39.0 Å². The normalized spacial score (nSPS) is 18.4. The molecule has 3 N–H and O–H groups in total. The lowest BCUT2D eigenvalue weighted by molar-refractivity contribution is 0.143. The molecule has 5 rings (SSSR count). The van der Waals surface area contributed by atoms with E-state index in [9.17, 15) is 4.79 Å². The number of aromatic amines is 1. The molecule has 35 heavy (non-hydrogen) atoms. The first kappa shape index (κ1) is 23.0. The first-order valence-electron chi connectivity index (χ1n) is 12.2. The van der Waals surface area contributed by atoms with Crippen molar-refractivity contribution in [3.63, 3.8) is 0 Å². The molecule has 0 unspecified atom stereocenters. The van der Waals surface area contributed by atoms with E-state index >= 15 is 0 Å². The Labute approximate surface area is 205 Å². The molecule has 3 heterocycles. The van der Waals surface area contributed by atoms with Crippen LogP contribution >= 0.6 is 0 Å². The Morgan fingerprint density at radius 2 is 1.86 bits per heavy atom. The molecule has 0 atom stereocenters. The summed E-state index contributed by atoms with van der Waals surface area (Å²) < 4.78 is 8.07. The summed E-state index contributed by atoms with van der Waals surface area (Å²) in [6, 6.07) is 15.6. The SMILES string of the molecule is CC(C)(C)c1cc(NC(=O)NC2CCC(Oc3ccnc4[nH]ccc34)CC2)n(-c2ccccc2)n1. The minimum absolute atomic E-state index is 0.106. The van der Waals surface area contributed by atoms with Crippen LogP contribution in [0, 0.1) is 0 Å². The first-order valence-corrected chi connectivity index (χ1v) is 12.2. The topological polar surface area (TPSA) is 96.9 Å². The first-order chi connectivity index (χ1) is 16.9. The van der Waals surface area contributed by atoms with Crippen molar-refractivity contribution in [1.82, 2.24) is 25.1 Å². The molecule has 0 spiro atoms. The van der Waals surface area contributed by atoms with Crippen LogP contribution in [-0.2, 0) is 5.41 Å². The molecule has 182 valence electrons. The molecule has 1 fully saturated rings. The van der Waals surface area contributed by atoms with Crippen LogP contribution < -0.4 is 15.4 Å². The van der Waals surface area contributed by atoms with Gasteiger partial charge in [0.2, 0.25) is 0 Å². The maximum atomic E-state index is 12.9. The maximum Gasteiger partial charge on any atom is 0.320 e. The number of hydrogen-bond donors (Lipinski definition) is 3. The average molecular weight is 473 g/mol. The van der Waals surface area contributed by atoms with Crippen LogP contribution in [-0.4, -0.2) is 37.9 Å². The van der Waals surface area contributed by atoms with Crippen LogP contribution in [0.15, 0.2) is 60.9 Å². The number of carbonyl (C=O) groups excluding carboxylic acids is 1. The number of urea groups is 1. The highest BCUT2D eigenvalue weighted by atomic mass is 16.5. The molecule has 2 amide bonds. The lowest BCUT2D eigenvalue weighted by Gasteiger charge is -2.29. The van der Waals surface area contributed by atoms with Crippen molar-refractivity contribution >= 4 is 22.9 Å². The van der Waals surface area contributed by atoms with Gasteiger partial charge in [-0.15, -0.1) is 0 Å². The van der Waals surface area contributed by atoms with Gasteiger partial charge in [0.1, 0.15) is 17.2 Å². The second-order valence-corrected chi connectivity index (χ2v) is 10.2. The van der Waals surface area contributed by atoms with Gasteiger partial charge in [0.25, 0.3) is 0 Å². The number of carbonyl (C=O) groups is 1. The van der Waals surface area contributed by atoms with Gasteiger partial charge in [0.05, 0.1) is 22.9 Å². The predicted molar refractivity (Wildman–Crippen MR) is 137 cm³/mol.